The van der Waals surface area contributed by atoms with E-state index in [1.807, 2.05) is 30.3 Å². The molecule has 5 rings (SSSR count). The molecule has 1 aliphatic rings. The van der Waals surface area contributed by atoms with Gasteiger partial charge in [0.1, 0.15) is 23.3 Å². The van der Waals surface area contributed by atoms with E-state index >= 15 is 0 Å². The molecule has 0 unspecified atom stereocenters. The third kappa shape index (κ3) is 4.05. The Balaban J connectivity index is 1.43. The monoisotopic (exact) mass is 442 g/mol. The van der Waals surface area contributed by atoms with Gasteiger partial charge in [0.2, 0.25) is 5.43 Å². The fourth-order valence-electron chi connectivity index (χ4n) is 4.48. The first-order chi connectivity index (χ1) is 16.2. The molecule has 1 saturated heterocycles. The van der Waals surface area contributed by atoms with E-state index < -0.39 is 0 Å². The number of hydrogen-bond donors (Lipinski definition) is 1. The smallest absolute Gasteiger partial charge is 0.200 e. The fourth-order valence-corrected chi connectivity index (χ4v) is 4.48. The van der Waals surface area contributed by atoms with Crippen molar-refractivity contribution >= 4 is 16.7 Å². The lowest BCUT2D eigenvalue weighted by Gasteiger charge is -2.36. The van der Waals surface area contributed by atoms with E-state index in [1.54, 1.807) is 19.2 Å². The summed E-state index contributed by atoms with van der Waals surface area (Å²) in [5.41, 5.74) is 3.28. The van der Waals surface area contributed by atoms with Crippen LogP contribution in [0, 0.1) is 0 Å². The summed E-state index contributed by atoms with van der Waals surface area (Å²) in [5.74, 6) is 0.751. The Labute approximate surface area is 192 Å². The summed E-state index contributed by atoms with van der Waals surface area (Å²) in [6.07, 6.45) is 1.47. The molecule has 1 fully saturated rings. The largest absolute Gasteiger partial charge is 0.507 e. The molecule has 6 nitrogen and oxygen atoms in total. The highest BCUT2D eigenvalue weighted by Crippen LogP contribution is 2.32. The molecule has 2 heterocycles. The van der Waals surface area contributed by atoms with Crippen molar-refractivity contribution < 1.29 is 14.3 Å². The maximum Gasteiger partial charge on any atom is 0.200 e. The Morgan fingerprint density at radius 3 is 2.39 bits per heavy atom. The van der Waals surface area contributed by atoms with Crippen molar-refractivity contribution in [3.05, 3.63) is 88.8 Å². The van der Waals surface area contributed by atoms with Crippen LogP contribution in [0.1, 0.15) is 5.56 Å². The second-order valence-electron chi connectivity index (χ2n) is 8.22. The van der Waals surface area contributed by atoms with Crippen molar-refractivity contribution in [3.63, 3.8) is 0 Å². The van der Waals surface area contributed by atoms with Crippen LogP contribution in [0.5, 0.6) is 11.5 Å². The van der Waals surface area contributed by atoms with Crippen LogP contribution in [0.4, 0.5) is 5.69 Å². The predicted molar refractivity (Wildman–Crippen MR) is 130 cm³/mol. The van der Waals surface area contributed by atoms with Gasteiger partial charge in [0, 0.05) is 44.0 Å². The minimum absolute atomic E-state index is 0.140. The zero-order valence-corrected chi connectivity index (χ0v) is 18.5. The summed E-state index contributed by atoms with van der Waals surface area (Å²) in [6, 6.07) is 21.0. The number of methoxy groups -OCH3 is 1. The number of nitrogens with zero attached hydrogens (tertiary/aromatic N) is 2. The number of fused-ring (bicyclic) bond motifs is 1. The number of piperazine rings is 1. The second-order valence-corrected chi connectivity index (χ2v) is 8.22. The van der Waals surface area contributed by atoms with Gasteiger partial charge in [-0.2, -0.15) is 0 Å². The summed E-state index contributed by atoms with van der Waals surface area (Å²) in [5, 5.41) is 11.1. The highest BCUT2D eigenvalue weighted by atomic mass is 16.5. The first-order valence-corrected chi connectivity index (χ1v) is 11.1. The van der Waals surface area contributed by atoms with Crippen LogP contribution in [-0.2, 0) is 6.54 Å². The van der Waals surface area contributed by atoms with Crippen molar-refractivity contribution in [1.82, 2.24) is 4.90 Å². The Bertz CT molecular complexity index is 1330. The number of para-hydroxylation sites is 2. The van der Waals surface area contributed by atoms with Crippen molar-refractivity contribution in [3.8, 4) is 22.6 Å². The Morgan fingerprint density at radius 1 is 0.909 bits per heavy atom. The Morgan fingerprint density at radius 2 is 1.64 bits per heavy atom. The molecule has 0 atom stereocenters. The normalized spacial score (nSPS) is 14.5. The van der Waals surface area contributed by atoms with Gasteiger partial charge in [-0.25, -0.2) is 0 Å². The van der Waals surface area contributed by atoms with Crippen LogP contribution >= 0.6 is 0 Å². The molecule has 0 amide bonds. The third-order valence-electron chi connectivity index (χ3n) is 6.29. The molecular weight excluding hydrogens is 416 g/mol. The molecule has 6 heteroatoms. The van der Waals surface area contributed by atoms with Gasteiger partial charge < -0.3 is 19.2 Å². The first kappa shape index (κ1) is 21.1. The summed E-state index contributed by atoms with van der Waals surface area (Å²) >= 11 is 0. The first-order valence-electron chi connectivity index (χ1n) is 11.1. The van der Waals surface area contributed by atoms with Gasteiger partial charge in [-0.05, 0) is 30.3 Å². The number of ether oxygens (including phenoxy) is 1. The predicted octanol–water partition coefficient (Wildman–Crippen LogP) is 4.50. The molecule has 33 heavy (non-hydrogen) atoms. The second kappa shape index (κ2) is 9.00. The lowest BCUT2D eigenvalue weighted by molar-refractivity contribution is 0.246. The average molecular weight is 443 g/mol. The molecule has 4 aromatic rings. The average Bonchev–Trinajstić information content (AvgIpc) is 2.87. The highest BCUT2D eigenvalue weighted by molar-refractivity contribution is 5.86. The Kier molecular flexibility index (Phi) is 5.75. The van der Waals surface area contributed by atoms with Gasteiger partial charge in [0.05, 0.1) is 23.6 Å². The fraction of sp³-hybridized carbons (Fsp3) is 0.222. The van der Waals surface area contributed by atoms with E-state index in [1.165, 1.54) is 12.0 Å². The van der Waals surface area contributed by atoms with E-state index in [0.29, 0.717) is 40.0 Å². The molecule has 0 saturated carbocycles. The van der Waals surface area contributed by atoms with Crippen molar-refractivity contribution in [2.45, 2.75) is 6.54 Å². The molecule has 1 N–H and O–H groups in total. The molecule has 0 radical (unpaired) electrons. The molecule has 0 spiro atoms. The third-order valence-corrected chi connectivity index (χ3v) is 6.29. The highest BCUT2D eigenvalue weighted by Gasteiger charge is 2.22. The maximum atomic E-state index is 13.3. The summed E-state index contributed by atoms with van der Waals surface area (Å²) in [7, 11) is 1.58. The van der Waals surface area contributed by atoms with Crippen LogP contribution in [0.25, 0.3) is 22.1 Å². The lowest BCUT2D eigenvalue weighted by atomic mass is 10.0. The number of anilines is 1. The van der Waals surface area contributed by atoms with Crippen LogP contribution in [0.3, 0.4) is 0 Å². The topological polar surface area (TPSA) is 66.2 Å². The van der Waals surface area contributed by atoms with E-state index in [2.05, 4.69) is 34.1 Å². The number of phenols is 1. The minimum Gasteiger partial charge on any atom is -0.507 e. The summed E-state index contributed by atoms with van der Waals surface area (Å²) in [6.45, 7) is 4.03. The molecule has 3 aromatic carbocycles. The standard InChI is InChI=1S/C27H26N2O4/c1-32-25-10-6-5-9-20(25)23-18-33-27-21(26(23)31)11-12-24(30)22(27)17-28-13-15-29(16-14-28)19-7-3-2-4-8-19/h2-12,18,30H,13-17H2,1H3. The summed E-state index contributed by atoms with van der Waals surface area (Å²) < 4.78 is 11.4. The zero-order valence-electron chi connectivity index (χ0n) is 18.5. The van der Waals surface area contributed by atoms with Crippen molar-refractivity contribution in [2.24, 2.45) is 0 Å². The molecule has 1 aromatic heterocycles. The number of rotatable bonds is 5. The van der Waals surface area contributed by atoms with Crippen LogP contribution < -0.4 is 15.1 Å². The Hall–Kier alpha value is -3.77. The van der Waals surface area contributed by atoms with E-state index in [-0.39, 0.29) is 11.2 Å². The number of benzene rings is 3. The van der Waals surface area contributed by atoms with E-state index in [9.17, 15) is 9.90 Å². The van der Waals surface area contributed by atoms with Crippen LogP contribution in [0.15, 0.2) is 82.2 Å². The number of aromatic hydroxyl groups is 1. The molecular formula is C27H26N2O4. The SMILES string of the molecule is COc1ccccc1-c1coc2c(CN3CCN(c4ccccc4)CC3)c(O)ccc2c1=O. The van der Waals surface area contributed by atoms with E-state index in [0.717, 1.165) is 26.2 Å². The van der Waals surface area contributed by atoms with Gasteiger partial charge in [-0.3, -0.25) is 9.69 Å². The molecule has 0 bridgehead atoms. The maximum absolute atomic E-state index is 13.3. The van der Waals surface area contributed by atoms with Gasteiger partial charge in [0.25, 0.3) is 0 Å². The number of phenolic OH excluding ortho intramolecular Hbond substituents is 1. The number of hydrogen-bond acceptors (Lipinski definition) is 6. The molecule has 0 aliphatic carbocycles. The van der Waals surface area contributed by atoms with Crippen molar-refractivity contribution in [2.75, 3.05) is 38.2 Å². The zero-order chi connectivity index (χ0) is 22.8. The van der Waals surface area contributed by atoms with Gasteiger partial charge in [-0.15, -0.1) is 0 Å². The van der Waals surface area contributed by atoms with Gasteiger partial charge in [-0.1, -0.05) is 36.4 Å². The van der Waals surface area contributed by atoms with Gasteiger partial charge >= 0.3 is 0 Å². The van der Waals surface area contributed by atoms with Crippen LogP contribution in [0.2, 0.25) is 0 Å². The van der Waals surface area contributed by atoms with Crippen molar-refractivity contribution in [1.29, 1.82) is 0 Å². The lowest BCUT2D eigenvalue weighted by Crippen LogP contribution is -2.46. The minimum atomic E-state index is -0.143. The molecule has 168 valence electrons. The quantitative estimate of drug-likeness (QED) is 0.491. The van der Waals surface area contributed by atoms with Crippen LogP contribution in [-0.4, -0.2) is 43.3 Å². The van der Waals surface area contributed by atoms with E-state index in [4.69, 9.17) is 9.15 Å². The van der Waals surface area contributed by atoms with Gasteiger partial charge in [0.15, 0.2) is 0 Å². The summed E-state index contributed by atoms with van der Waals surface area (Å²) in [4.78, 5) is 18.0. The molecule has 1 aliphatic heterocycles.